The molecule has 2 rings (SSSR count). The molecule has 20 heavy (non-hydrogen) atoms. The summed E-state index contributed by atoms with van der Waals surface area (Å²) in [5.41, 5.74) is 2.40. The lowest BCUT2D eigenvalue weighted by atomic mass is 9.99. The zero-order valence-corrected chi connectivity index (χ0v) is 13.5. The molecule has 0 bridgehead atoms. The van der Waals surface area contributed by atoms with Gasteiger partial charge in [-0.1, -0.05) is 32.0 Å². The van der Waals surface area contributed by atoms with Gasteiger partial charge in [-0.2, -0.15) is 0 Å². The zero-order valence-electron chi connectivity index (χ0n) is 11.8. The molecule has 0 amide bonds. The van der Waals surface area contributed by atoms with E-state index in [1.54, 1.807) is 11.3 Å². The van der Waals surface area contributed by atoms with E-state index < -0.39 is 0 Å². The smallest absolute Gasteiger partial charge is 0.171 e. The van der Waals surface area contributed by atoms with Gasteiger partial charge < -0.3 is 10.6 Å². The minimum Gasteiger partial charge on any atom is -0.358 e. The highest BCUT2D eigenvalue weighted by molar-refractivity contribution is 7.80. The van der Waals surface area contributed by atoms with Crippen molar-refractivity contribution in [1.82, 2.24) is 5.32 Å². The number of thiophene rings is 1. The van der Waals surface area contributed by atoms with Crippen molar-refractivity contribution in [2.75, 3.05) is 5.32 Å². The highest BCUT2D eigenvalue weighted by atomic mass is 32.1. The molecule has 0 aliphatic heterocycles. The van der Waals surface area contributed by atoms with Crippen molar-refractivity contribution >= 4 is 34.4 Å². The molecule has 1 aromatic carbocycles. The summed E-state index contributed by atoms with van der Waals surface area (Å²) in [6, 6.07) is 12.6. The van der Waals surface area contributed by atoms with Crippen molar-refractivity contribution in [3.63, 3.8) is 0 Å². The lowest BCUT2D eigenvalue weighted by molar-refractivity contribution is 0.734. The highest BCUT2D eigenvalue weighted by Gasteiger charge is 2.03. The first kappa shape index (κ1) is 15.0. The van der Waals surface area contributed by atoms with Crippen LogP contribution in [0.5, 0.6) is 0 Å². The van der Waals surface area contributed by atoms with Gasteiger partial charge in [0.2, 0.25) is 0 Å². The third-order valence-electron chi connectivity index (χ3n) is 3.35. The number of hydrogen-bond donors (Lipinski definition) is 2. The molecule has 0 fully saturated rings. The molecule has 0 saturated carbocycles. The molecule has 0 unspecified atom stereocenters. The minimum absolute atomic E-state index is 0.605. The van der Waals surface area contributed by atoms with Crippen LogP contribution in [0, 0.1) is 0 Å². The van der Waals surface area contributed by atoms with Crippen LogP contribution in [0.2, 0.25) is 0 Å². The van der Waals surface area contributed by atoms with E-state index in [-0.39, 0.29) is 0 Å². The fraction of sp³-hybridized carbons (Fsp3) is 0.312. The summed E-state index contributed by atoms with van der Waals surface area (Å²) in [7, 11) is 0. The Morgan fingerprint density at radius 1 is 1.25 bits per heavy atom. The summed E-state index contributed by atoms with van der Waals surface area (Å²) in [5.74, 6) is 0.605. The van der Waals surface area contributed by atoms with E-state index in [9.17, 15) is 0 Å². The fourth-order valence-corrected chi connectivity index (χ4v) is 2.72. The molecule has 0 saturated heterocycles. The van der Waals surface area contributed by atoms with Gasteiger partial charge in [-0.25, -0.2) is 0 Å². The van der Waals surface area contributed by atoms with Crippen molar-refractivity contribution in [3.05, 3.63) is 52.2 Å². The summed E-state index contributed by atoms with van der Waals surface area (Å²) in [5, 5.41) is 9.16. The Balaban J connectivity index is 1.84. The average Bonchev–Trinajstić information content (AvgIpc) is 2.98. The second-order valence-electron chi connectivity index (χ2n) is 4.82. The Bertz CT molecular complexity index is 532. The monoisotopic (exact) mass is 304 g/mol. The van der Waals surface area contributed by atoms with Gasteiger partial charge in [0.05, 0.1) is 6.54 Å². The molecule has 0 aliphatic carbocycles. The quantitative estimate of drug-likeness (QED) is 0.780. The van der Waals surface area contributed by atoms with Gasteiger partial charge in [-0.05, 0) is 53.7 Å². The Hall–Kier alpha value is -1.39. The van der Waals surface area contributed by atoms with Gasteiger partial charge in [-0.3, -0.25) is 0 Å². The first-order valence-corrected chi connectivity index (χ1v) is 8.15. The van der Waals surface area contributed by atoms with Crippen LogP contribution >= 0.6 is 23.6 Å². The Morgan fingerprint density at radius 3 is 2.60 bits per heavy atom. The average molecular weight is 304 g/mol. The van der Waals surface area contributed by atoms with Gasteiger partial charge in [-0.15, -0.1) is 11.3 Å². The maximum atomic E-state index is 5.30. The topological polar surface area (TPSA) is 24.1 Å². The molecule has 0 radical (unpaired) electrons. The van der Waals surface area contributed by atoms with E-state index in [0.29, 0.717) is 11.0 Å². The van der Waals surface area contributed by atoms with Crippen molar-refractivity contribution in [3.8, 4) is 0 Å². The van der Waals surface area contributed by atoms with Crippen LogP contribution in [-0.4, -0.2) is 5.11 Å². The van der Waals surface area contributed by atoms with E-state index >= 15 is 0 Å². The summed E-state index contributed by atoms with van der Waals surface area (Å²) in [6.45, 7) is 5.23. The van der Waals surface area contributed by atoms with Crippen LogP contribution in [0.1, 0.15) is 36.6 Å². The van der Waals surface area contributed by atoms with Crippen molar-refractivity contribution in [1.29, 1.82) is 0 Å². The zero-order chi connectivity index (χ0) is 14.4. The van der Waals surface area contributed by atoms with Gasteiger partial charge >= 0.3 is 0 Å². The molecular formula is C16H20N2S2. The first-order chi connectivity index (χ1) is 9.69. The summed E-state index contributed by atoms with van der Waals surface area (Å²) in [6.07, 6.45) is 1.16. The molecule has 1 atom stereocenters. The fourth-order valence-electron chi connectivity index (χ4n) is 1.89. The Morgan fingerprint density at radius 2 is 2.00 bits per heavy atom. The molecule has 106 valence electrons. The number of benzene rings is 1. The molecule has 4 heteroatoms. The largest absolute Gasteiger partial charge is 0.358 e. The molecule has 2 nitrogen and oxygen atoms in total. The van der Waals surface area contributed by atoms with Crippen LogP contribution in [-0.2, 0) is 6.54 Å². The van der Waals surface area contributed by atoms with Crippen LogP contribution in [0.15, 0.2) is 41.8 Å². The van der Waals surface area contributed by atoms with Crippen LogP contribution in [0.4, 0.5) is 5.69 Å². The summed E-state index contributed by atoms with van der Waals surface area (Å²) >= 11 is 7.03. The minimum atomic E-state index is 0.605. The van der Waals surface area contributed by atoms with Gasteiger partial charge in [0.25, 0.3) is 0 Å². The van der Waals surface area contributed by atoms with E-state index in [0.717, 1.165) is 18.7 Å². The maximum absolute atomic E-state index is 5.30. The summed E-state index contributed by atoms with van der Waals surface area (Å²) in [4.78, 5) is 1.28. The van der Waals surface area contributed by atoms with Crippen molar-refractivity contribution in [2.45, 2.75) is 32.7 Å². The van der Waals surface area contributed by atoms with E-state index in [2.05, 4.69) is 60.2 Å². The third kappa shape index (κ3) is 4.32. The molecule has 2 N–H and O–H groups in total. The highest BCUT2D eigenvalue weighted by Crippen LogP contribution is 2.20. The number of thiocarbonyl (C=S) groups is 1. The molecule has 1 aromatic heterocycles. The predicted octanol–water partition coefficient (Wildman–Crippen LogP) is 4.75. The summed E-state index contributed by atoms with van der Waals surface area (Å²) < 4.78 is 0. The first-order valence-electron chi connectivity index (χ1n) is 6.86. The van der Waals surface area contributed by atoms with E-state index in [1.807, 2.05) is 6.07 Å². The number of hydrogen-bond acceptors (Lipinski definition) is 2. The molecule has 0 spiro atoms. The normalized spacial score (nSPS) is 11.9. The Kier molecular flexibility index (Phi) is 5.56. The predicted molar refractivity (Wildman–Crippen MR) is 92.5 cm³/mol. The van der Waals surface area contributed by atoms with E-state index in [4.69, 9.17) is 12.2 Å². The Labute approximate surface area is 130 Å². The van der Waals surface area contributed by atoms with Gasteiger partial charge in [0.15, 0.2) is 5.11 Å². The standard InChI is InChI=1S/C16H20N2S2/c1-3-12(2)13-6-8-14(9-7-13)18-16(19)17-11-15-5-4-10-20-15/h4-10,12H,3,11H2,1-2H3,(H2,17,18,19)/t12-/m1/s1. The van der Waals surface area contributed by atoms with E-state index in [1.165, 1.54) is 10.4 Å². The van der Waals surface area contributed by atoms with Crippen molar-refractivity contribution in [2.24, 2.45) is 0 Å². The second-order valence-corrected chi connectivity index (χ2v) is 6.26. The van der Waals surface area contributed by atoms with Crippen molar-refractivity contribution < 1.29 is 0 Å². The third-order valence-corrected chi connectivity index (χ3v) is 4.48. The number of rotatable bonds is 5. The maximum Gasteiger partial charge on any atom is 0.171 e. The molecule has 2 aromatic rings. The lowest BCUT2D eigenvalue weighted by Crippen LogP contribution is -2.27. The van der Waals surface area contributed by atoms with Gasteiger partial charge in [0, 0.05) is 10.6 Å². The van der Waals surface area contributed by atoms with Gasteiger partial charge in [0.1, 0.15) is 0 Å². The SMILES string of the molecule is CC[C@@H](C)c1ccc(NC(=S)NCc2cccs2)cc1. The van der Waals surface area contributed by atoms with Crippen LogP contribution < -0.4 is 10.6 Å². The molecular weight excluding hydrogens is 284 g/mol. The van der Waals surface area contributed by atoms with Crippen LogP contribution in [0.3, 0.4) is 0 Å². The van der Waals surface area contributed by atoms with Crippen LogP contribution in [0.25, 0.3) is 0 Å². The number of nitrogens with one attached hydrogen (secondary N) is 2. The second kappa shape index (κ2) is 7.41. The lowest BCUT2D eigenvalue weighted by Gasteiger charge is -2.12. The number of anilines is 1. The molecule has 0 aliphatic rings. The molecule has 1 heterocycles.